The second-order valence-corrected chi connectivity index (χ2v) is 10.3. The highest BCUT2D eigenvalue weighted by atomic mass is 32.2. The summed E-state index contributed by atoms with van der Waals surface area (Å²) in [4.78, 5) is 23.0. The first-order valence-electron chi connectivity index (χ1n) is 10.5. The highest BCUT2D eigenvalue weighted by molar-refractivity contribution is 7.92. The Bertz CT molecular complexity index is 1080. The van der Waals surface area contributed by atoms with Crippen molar-refractivity contribution in [3.63, 3.8) is 0 Å². The fraction of sp³-hybridized carbons (Fsp3) is 0.391. The van der Waals surface area contributed by atoms with E-state index in [2.05, 4.69) is 10.6 Å². The Balaban J connectivity index is 1.78. The van der Waals surface area contributed by atoms with E-state index in [9.17, 15) is 18.0 Å². The normalized spacial score (nSPS) is 16.5. The number of anilines is 1. The van der Waals surface area contributed by atoms with E-state index < -0.39 is 22.1 Å². The van der Waals surface area contributed by atoms with Crippen LogP contribution in [0.25, 0.3) is 0 Å². The molecule has 9 heteroatoms. The van der Waals surface area contributed by atoms with Crippen LogP contribution in [0.2, 0.25) is 0 Å². The number of nitrogens with one attached hydrogen (secondary N) is 2. The fourth-order valence-electron chi connectivity index (χ4n) is 3.55. The number of urea groups is 1. The van der Waals surface area contributed by atoms with Gasteiger partial charge in [0, 0.05) is 6.54 Å². The van der Waals surface area contributed by atoms with Gasteiger partial charge in [0.1, 0.15) is 12.4 Å². The highest BCUT2D eigenvalue weighted by Gasteiger charge is 2.27. The van der Waals surface area contributed by atoms with E-state index in [0.717, 1.165) is 11.1 Å². The molecule has 0 radical (unpaired) electrons. The van der Waals surface area contributed by atoms with Gasteiger partial charge in [-0.25, -0.2) is 13.2 Å². The van der Waals surface area contributed by atoms with Gasteiger partial charge < -0.3 is 10.1 Å². The first-order chi connectivity index (χ1) is 15.1. The lowest BCUT2D eigenvalue weighted by atomic mass is 10.1. The molecule has 8 nitrogen and oxygen atoms in total. The minimum Gasteiger partial charge on any atom is -0.491 e. The molecule has 2 N–H and O–H groups in total. The molecular formula is C23H29N3O5S. The first-order valence-corrected chi connectivity index (χ1v) is 11.9. The standard InChI is InChI=1S/C23H29N3O5S/c1-15(2)13-26(21-10-5-16(3)11-17(21)4)32(29,30)20-8-6-19(7-9-20)31-14-18-12-22(27)25-23(28)24-18/h5-11,15,18H,12-14H2,1-4H3,(H2,24,25,27,28). The van der Waals surface area contributed by atoms with Crippen LogP contribution in [0.4, 0.5) is 10.5 Å². The lowest BCUT2D eigenvalue weighted by Gasteiger charge is -2.28. The molecule has 3 amide bonds. The topological polar surface area (TPSA) is 105 Å². The molecule has 2 aromatic rings. The minimum atomic E-state index is -3.78. The van der Waals surface area contributed by atoms with Gasteiger partial charge in [-0.1, -0.05) is 31.5 Å². The van der Waals surface area contributed by atoms with Crippen LogP contribution in [-0.4, -0.2) is 39.5 Å². The summed E-state index contributed by atoms with van der Waals surface area (Å²) in [6.07, 6.45) is 0.123. The van der Waals surface area contributed by atoms with Crippen LogP contribution in [0.3, 0.4) is 0 Å². The molecule has 2 aromatic carbocycles. The van der Waals surface area contributed by atoms with Gasteiger partial charge in [-0.2, -0.15) is 0 Å². The molecular weight excluding hydrogens is 430 g/mol. The van der Waals surface area contributed by atoms with Crippen molar-refractivity contribution in [2.45, 2.75) is 45.1 Å². The van der Waals surface area contributed by atoms with Crippen LogP contribution < -0.4 is 19.7 Å². The van der Waals surface area contributed by atoms with E-state index >= 15 is 0 Å². The third-order valence-electron chi connectivity index (χ3n) is 5.03. The number of aryl methyl sites for hydroxylation is 2. The summed E-state index contributed by atoms with van der Waals surface area (Å²) in [6, 6.07) is 10.9. The zero-order valence-electron chi connectivity index (χ0n) is 18.7. The molecule has 0 aliphatic carbocycles. The quantitative estimate of drug-likeness (QED) is 0.631. The SMILES string of the molecule is Cc1ccc(N(CC(C)C)S(=O)(=O)c2ccc(OCC3CC(=O)NC(=O)N3)cc2)c(C)c1. The number of nitrogens with zero attached hydrogens (tertiary/aromatic N) is 1. The molecule has 0 aromatic heterocycles. The van der Waals surface area contributed by atoms with Crippen LogP contribution >= 0.6 is 0 Å². The zero-order chi connectivity index (χ0) is 23.5. The number of hydrogen-bond acceptors (Lipinski definition) is 5. The number of carbonyl (C=O) groups is 2. The monoisotopic (exact) mass is 459 g/mol. The largest absolute Gasteiger partial charge is 0.491 e. The van der Waals surface area contributed by atoms with Crippen molar-refractivity contribution in [3.05, 3.63) is 53.6 Å². The van der Waals surface area contributed by atoms with E-state index in [-0.39, 0.29) is 29.7 Å². The number of benzene rings is 2. The summed E-state index contributed by atoms with van der Waals surface area (Å²) in [5.74, 6) is 0.225. The maximum atomic E-state index is 13.5. The van der Waals surface area contributed by atoms with Crippen molar-refractivity contribution in [2.24, 2.45) is 5.92 Å². The van der Waals surface area contributed by atoms with Crippen LogP contribution in [0, 0.1) is 19.8 Å². The van der Waals surface area contributed by atoms with Crippen molar-refractivity contribution in [3.8, 4) is 5.75 Å². The maximum absolute atomic E-state index is 13.5. The third kappa shape index (κ3) is 5.59. The molecule has 3 rings (SSSR count). The van der Waals surface area contributed by atoms with Gasteiger partial charge in [-0.15, -0.1) is 0 Å². The van der Waals surface area contributed by atoms with Gasteiger partial charge in [-0.05, 0) is 55.7 Å². The summed E-state index contributed by atoms with van der Waals surface area (Å²) < 4.78 is 34.1. The van der Waals surface area contributed by atoms with E-state index in [4.69, 9.17) is 4.74 Å². The second kappa shape index (κ2) is 9.60. The molecule has 1 heterocycles. The van der Waals surface area contributed by atoms with Gasteiger partial charge in [0.05, 0.1) is 23.0 Å². The molecule has 1 saturated heterocycles. The number of sulfonamides is 1. The Morgan fingerprint density at radius 3 is 2.38 bits per heavy atom. The average molecular weight is 460 g/mol. The Kier molecular flexibility index (Phi) is 7.08. The minimum absolute atomic E-state index is 0.104. The van der Waals surface area contributed by atoms with E-state index in [1.807, 2.05) is 45.9 Å². The Hall–Kier alpha value is -3.07. The highest BCUT2D eigenvalue weighted by Crippen LogP contribution is 2.29. The molecule has 1 unspecified atom stereocenters. The van der Waals surface area contributed by atoms with Crippen molar-refractivity contribution < 1.29 is 22.7 Å². The lowest BCUT2D eigenvalue weighted by Crippen LogP contribution is -2.54. The second-order valence-electron chi connectivity index (χ2n) is 8.43. The van der Waals surface area contributed by atoms with Crippen molar-refractivity contribution in [1.29, 1.82) is 0 Å². The number of amides is 3. The van der Waals surface area contributed by atoms with Crippen LogP contribution in [0.15, 0.2) is 47.4 Å². The Morgan fingerprint density at radius 2 is 1.78 bits per heavy atom. The van der Waals surface area contributed by atoms with Crippen LogP contribution in [-0.2, 0) is 14.8 Å². The predicted molar refractivity (Wildman–Crippen MR) is 122 cm³/mol. The summed E-state index contributed by atoms with van der Waals surface area (Å²) in [5, 5.41) is 4.77. The van der Waals surface area contributed by atoms with Gasteiger partial charge in [0.2, 0.25) is 5.91 Å². The first kappa shape index (κ1) is 23.6. The lowest BCUT2D eigenvalue weighted by molar-refractivity contribution is -0.121. The molecule has 172 valence electrons. The Labute approximate surface area is 189 Å². The summed E-state index contributed by atoms with van der Waals surface area (Å²) in [6.45, 7) is 8.30. The number of carbonyl (C=O) groups excluding carboxylic acids is 2. The van der Waals surface area contributed by atoms with Gasteiger partial charge in [-0.3, -0.25) is 14.4 Å². The van der Waals surface area contributed by atoms with Crippen LogP contribution in [0.5, 0.6) is 5.75 Å². The third-order valence-corrected chi connectivity index (χ3v) is 6.83. The van der Waals surface area contributed by atoms with Crippen molar-refractivity contribution >= 4 is 27.6 Å². The maximum Gasteiger partial charge on any atom is 0.321 e. The number of ether oxygens (including phenoxy) is 1. The van der Waals surface area contributed by atoms with E-state index in [1.54, 1.807) is 12.1 Å². The number of imide groups is 1. The molecule has 0 saturated carbocycles. The molecule has 0 bridgehead atoms. The molecule has 32 heavy (non-hydrogen) atoms. The fourth-order valence-corrected chi connectivity index (χ4v) is 5.24. The van der Waals surface area contributed by atoms with E-state index in [1.165, 1.54) is 16.4 Å². The van der Waals surface area contributed by atoms with Crippen molar-refractivity contribution in [1.82, 2.24) is 10.6 Å². The van der Waals surface area contributed by atoms with Crippen LogP contribution in [0.1, 0.15) is 31.4 Å². The molecule has 1 aliphatic heterocycles. The van der Waals surface area contributed by atoms with Gasteiger partial charge in [0.25, 0.3) is 10.0 Å². The summed E-state index contributed by atoms with van der Waals surface area (Å²) in [5.41, 5.74) is 2.63. The molecule has 1 fully saturated rings. The van der Waals surface area contributed by atoms with Crippen molar-refractivity contribution in [2.75, 3.05) is 17.5 Å². The summed E-state index contributed by atoms with van der Waals surface area (Å²) in [7, 11) is -3.78. The average Bonchev–Trinajstić information content (AvgIpc) is 2.70. The predicted octanol–water partition coefficient (Wildman–Crippen LogP) is 3.13. The van der Waals surface area contributed by atoms with E-state index in [0.29, 0.717) is 18.0 Å². The number of rotatable bonds is 8. The zero-order valence-corrected chi connectivity index (χ0v) is 19.5. The van der Waals surface area contributed by atoms with Gasteiger partial charge >= 0.3 is 6.03 Å². The summed E-state index contributed by atoms with van der Waals surface area (Å²) >= 11 is 0. The molecule has 1 aliphatic rings. The number of hydrogen-bond donors (Lipinski definition) is 2. The smallest absolute Gasteiger partial charge is 0.321 e. The Morgan fingerprint density at radius 1 is 1.09 bits per heavy atom. The molecule has 0 spiro atoms. The van der Waals surface area contributed by atoms with Gasteiger partial charge in [0.15, 0.2) is 0 Å². The molecule has 1 atom stereocenters.